The highest BCUT2D eigenvalue weighted by atomic mass is 16.5. The Hall–Kier alpha value is -1.73. The van der Waals surface area contributed by atoms with Crippen molar-refractivity contribution < 1.29 is 9.47 Å². The monoisotopic (exact) mass is 234 g/mol. The maximum atomic E-state index is 8.71. The number of methoxy groups -OCH3 is 2. The van der Waals surface area contributed by atoms with Crippen LogP contribution < -0.4 is 14.8 Å². The molecule has 0 aromatic heterocycles. The Bertz CT molecular complexity index is 424. The van der Waals surface area contributed by atoms with Crippen LogP contribution in [0.4, 0.5) is 0 Å². The maximum absolute atomic E-state index is 8.71. The lowest BCUT2D eigenvalue weighted by Gasteiger charge is -2.15. The standard InChI is InChI=1S/C13H18N2O2/c1-9(7-14)15-8-11-5-6-12(16-3)10(2)13(11)17-4/h5-6,9,15H,8H2,1-4H3. The van der Waals surface area contributed by atoms with E-state index in [2.05, 4.69) is 11.4 Å². The molecule has 0 radical (unpaired) electrons. The second-order valence-corrected chi connectivity index (χ2v) is 3.82. The van der Waals surface area contributed by atoms with Crippen molar-refractivity contribution in [1.29, 1.82) is 5.26 Å². The third-order valence-electron chi connectivity index (χ3n) is 2.65. The molecular formula is C13H18N2O2. The van der Waals surface area contributed by atoms with Gasteiger partial charge in [-0.15, -0.1) is 0 Å². The summed E-state index contributed by atoms with van der Waals surface area (Å²) in [6.07, 6.45) is 0. The van der Waals surface area contributed by atoms with Gasteiger partial charge < -0.3 is 9.47 Å². The first kappa shape index (κ1) is 13.3. The van der Waals surface area contributed by atoms with Crippen molar-refractivity contribution in [3.8, 4) is 17.6 Å². The number of hydrogen-bond donors (Lipinski definition) is 1. The highest BCUT2D eigenvalue weighted by molar-refractivity contribution is 5.49. The number of nitrogens with zero attached hydrogens (tertiary/aromatic N) is 1. The molecule has 1 rings (SSSR count). The highest BCUT2D eigenvalue weighted by Crippen LogP contribution is 2.31. The normalized spacial score (nSPS) is 11.7. The lowest BCUT2D eigenvalue weighted by Crippen LogP contribution is -2.23. The summed E-state index contributed by atoms with van der Waals surface area (Å²) >= 11 is 0. The molecule has 0 heterocycles. The first-order valence-corrected chi connectivity index (χ1v) is 5.47. The minimum absolute atomic E-state index is 0.179. The molecule has 0 aliphatic carbocycles. The molecule has 1 atom stereocenters. The number of benzene rings is 1. The Morgan fingerprint density at radius 3 is 2.59 bits per heavy atom. The molecule has 0 bridgehead atoms. The zero-order valence-corrected chi connectivity index (χ0v) is 10.7. The largest absolute Gasteiger partial charge is 0.496 e. The summed E-state index contributed by atoms with van der Waals surface area (Å²) in [6.45, 7) is 4.38. The Morgan fingerprint density at radius 1 is 1.35 bits per heavy atom. The molecule has 0 aliphatic rings. The van der Waals surface area contributed by atoms with Crippen LogP contribution in [-0.4, -0.2) is 20.3 Å². The van der Waals surface area contributed by atoms with Gasteiger partial charge in [0, 0.05) is 17.7 Å². The van der Waals surface area contributed by atoms with Crippen molar-refractivity contribution in [2.75, 3.05) is 14.2 Å². The zero-order chi connectivity index (χ0) is 12.8. The average Bonchev–Trinajstić information content (AvgIpc) is 2.35. The van der Waals surface area contributed by atoms with Crippen molar-refractivity contribution in [1.82, 2.24) is 5.32 Å². The van der Waals surface area contributed by atoms with Crippen LogP contribution in [0.3, 0.4) is 0 Å². The molecule has 4 nitrogen and oxygen atoms in total. The van der Waals surface area contributed by atoms with Crippen LogP contribution >= 0.6 is 0 Å². The van der Waals surface area contributed by atoms with Crippen LogP contribution in [0, 0.1) is 18.3 Å². The molecule has 1 aromatic rings. The van der Waals surface area contributed by atoms with E-state index in [4.69, 9.17) is 14.7 Å². The zero-order valence-electron chi connectivity index (χ0n) is 10.7. The second kappa shape index (κ2) is 6.12. The van der Waals surface area contributed by atoms with Crippen molar-refractivity contribution in [3.63, 3.8) is 0 Å². The summed E-state index contributed by atoms with van der Waals surface area (Å²) in [5, 5.41) is 11.8. The fourth-order valence-corrected chi connectivity index (χ4v) is 1.68. The van der Waals surface area contributed by atoms with Gasteiger partial charge in [0.2, 0.25) is 0 Å². The van der Waals surface area contributed by atoms with E-state index in [0.717, 1.165) is 22.6 Å². The van der Waals surface area contributed by atoms with Gasteiger partial charge in [-0.3, -0.25) is 5.32 Å². The fraction of sp³-hybridized carbons (Fsp3) is 0.462. The molecule has 92 valence electrons. The van der Waals surface area contributed by atoms with Gasteiger partial charge in [-0.25, -0.2) is 0 Å². The minimum Gasteiger partial charge on any atom is -0.496 e. The van der Waals surface area contributed by atoms with E-state index in [9.17, 15) is 0 Å². The van der Waals surface area contributed by atoms with E-state index in [1.165, 1.54) is 0 Å². The SMILES string of the molecule is COc1ccc(CNC(C)C#N)c(OC)c1C. The molecule has 17 heavy (non-hydrogen) atoms. The summed E-state index contributed by atoms with van der Waals surface area (Å²) in [7, 11) is 3.27. The Kier molecular flexibility index (Phi) is 4.80. The van der Waals surface area contributed by atoms with E-state index < -0.39 is 0 Å². The number of nitrogens with one attached hydrogen (secondary N) is 1. The Morgan fingerprint density at radius 2 is 2.06 bits per heavy atom. The van der Waals surface area contributed by atoms with Crippen LogP contribution in [0.15, 0.2) is 12.1 Å². The van der Waals surface area contributed by atoms with E-state index >= 15 is 0 Å². The van der Waals surface area contributed by atoms with E-state index in [0.29, 0.717) is 6.54 Å². The van der Waals surface area contributed by atoms with Crippen molar-refractivity contribution in [2.45, 2.75) is 26.4 Å². The van der Waals surface area contributed by atoms with Gasteiger partial charge >= 0.3 is 0 Å². The molecule has 0 saturated heterocycles. The second-order valence-electron chi connectivity index (χ2n) is 3.82. The molecule has 4 heteroatoms. The molecule has 1 aromatic carbocycles. The lowest BCUT2D eigenvalue weighted by atomic mass is 10.1. The van der Waals surface area contributed by atoms with Crippen LogP contribution in [0.5, 0.6) is 11.5 Å². The van der Waals surface area contributed by atoms with Crippen molar-refractivity contribution in [3.05, 3.63) is 23.3 Å². The fourth-order valence-electron chi connectivity index (χ4n) is 1.68. The quantitative estimate of drug-likeness (QED) is 0.846. The van der Waals surface area contributed by atoms with E-state index in [1.807, 2.05) is 26.0 Å². The molecular weight excluding hydrogens is 216 g/mol. The first-order chi connectivity index (χ1) is 8.13. The van der Waals surface area contributed by atoms with Crippen LogP contribution in [-0.2, 0) is 6.54 Å². The lowest BCUT2D eigenvalue weighted by molar-refractivity contribution is 0.384. The molecule has 1 N–H and O–H groups in total. The number of nitriles is 1. The van der Waals surface area contributed by atoms with Crippen LogP contribution in [0.1, 0.15) is 18.1 Å². The van der Waals surface area contributed by atoms with Gasteiger partial charge in [-0.1, -0.05) is 6.07 Å². The van der Waals surface area contributed by atoms with Gasteiger partial charge in [-0.05, 0) is 19.9 Å². The first-order valence-electron chi connectivity index (χ1n) is 5.47. The summed E-state index contributed by atoms with van der Waals surface area (Å²) in [5.74, 6) is 1.61. The number of ether oxygens (including phenoxy) is 2. The van der Waals surface area contributed by atoms with Crippen LogP contribution in [0.25, 0.3) is 0 Å². The third-order valence-corrected chi connectivity index (χ3v) is 2.65. The summed E-state index contributed by atoms with van der Waals surface area (Å²) in [6, 6.07) is 5.81. The van der Waals surface area contributed by atoms with Crippen molar-refractivity contribution >= 4 is 0 Å². The molecule has 0 aliphatic heterocycles. The molecule has 0 fully saturated rings. The minimum atomic E-state index is -0.179. The average molecular weight is 234 g/mol. The Balaban J connectivity index is 2.93. The van der Waals surface area contributed by atoms with Crippen molar-refractivity contribution in [2.24, 2.45) is 0 Å². The Labute approximate surface area is 102 Å². The van der Waals surface area contributed by atoms with Gasteiger partial charge in [0.15, 0.2) is 0 Å². The predicted octanol–water partition coefficient (Wildman–Crippen LogP) is 2.01. The third kappa shape index (κ3) is 3.11. The number of hydrogen-bond acceptors (Lipinski definition) is 4. The molecule has 1 unspecified atom stereocenters. The summed E-state index contributed by atoms with van der Waals surface area (Å²) in [5.41, 5.74) is 1.99. The summed E-state index contributed by atoms with van der Waals surface area (Å²) in [4.78, 5) is 0. The van der Waals surface area contributed by atoms with E-state index in [1.54, 1.807) is 14.2 Å². The van der Waals surface area contributed by atoms with Gasteiger partial charge in [-0.2, -0.15) is 5.26 Å². The van der Waals surface area contributed by atoms with E-state index in [-0.39, 0.29) is 6.04 Å². The van der Waals surface area contributed by atoms with Gasteiger partial charge in [0.25, 0.3) is 0 Å². The number of rotatable bonds is 5. The molecule has 0 spiro atoms. The highest BCUT2D eigenvalue weighted by Gasteiger charge is 2.11. The topological polar surface area (TPSA) is 54.3 Å². The molecule has 0 amide bonds. The molecule has 0 saturated carbocycles. The van der Waals surface area contributed by atoms with Gasteiger partial charge in [0.1, 0.15) is 11.5 Å². The summed E-state index contributed by atoms with van der Waals surface area (Å²) < 4.78 is 10.6. The van der Waals surface area contributed by atoms with Gasteiger partial charge in [0.05, 0.1) is 26.3 Å². The smallest absolute Gasteiger partial charge is 0.129 e. The van der Waals surface area contributed by atoms with Crippen LogP contribution in [0.2, 0.25) is 0 Å². The maximum Gasteiger partial charge on any atom is 0.129 e. The predicted molar refractivity (Wildman–Crippen MR) is 66.2 cm³/mol.